The minimum atomic E-state index is -0.786. The molecule has 20 heavy (non-hydrogen) atoms. The highest BCUT2D eigenvalue weighted by molar-refractivity contribution is 5.69. The number of carbonyl (C=O) groups is 1. The zero-order valence-corrected chi connectivity index (χ0v) is 11.4. The lowest BCUT2D eigenvalue weighted by Gasteiger charge is -2.13. The fraction of sp³-hybridized carbons (Fsp3) is 0.333. The van der Waals surface area contributed by atoms with E-state index in [4.69, 9.17) is 4.74 Å². The molecule has 0 aliphatic carbocycles. The lowest BCUT2D eigenvalue weighted by atomic mass is 10.2. The van der Waals surface area contributed by atoms with Gasteiger partial charge in [0.1, 0.15) is 5.82 Å². The molecule has 0 saturated heterocycles. The average molecular weight is 274 g/mol. The molecule has 0 radical (unpaired) electrons. The first-order valence-corrected chi connectivity index (χ1v) is 6.61. The standard InChI is InChI=1S/C15H18N2O3/c1-2-20-14(19)10-13(18)11-17-9-8-16-15(17)12-6-4-3-5-7-12/h3-9,13,18H,2,10-11H2,1H3. The van der Waals surface area contributed by atoms with Crippen LogP contribution in [0.15, 0.2) is 42.7 Å². The Kier molecular flexibility index (Phi) is 4.90. The summed E-state index contributed by atoms with van der Waals surface area (Å²) in [5.41, 5.74) is 0.973. The molecule has 5 nitrogen and oxygen atoms in total. The topological polar surface area (TPSA) is 64.3 Å². The van der Waals surface area contributed by atoms with Crippen molar-refractivity contribution < 1.29 is 14.6 Å². The van der Waals surface area contributed by atoms with Crippen LogP contribution < -0.4 is 0 Å². The molecule has 106 valence electrons. The predicted molar refractivity (Wildman–Crippen MR) is 74.9 cm³/mol. The Morgan fingerprint density at radius 2 is 2.15 bits per heavy atom. The molecule has 2 rings (SSSR count). The summed E-state index contributed by atoms with van der Waals surface area (Å²) >= 11 is 0. The molecule has 0 amide bonds. The lowest BCUT2D eigenvalue weighted by molar-refractivity contribution is -0.145. The highest BCUT2D eigenvalue weighted by Crippen LogP contribution is 2.17. The van der Waals surface area contributed by atoms with Crippen LogP contribution in [-0.2, 0) is 16.1 Å². The quantitative estimate of drug-likeness (QED) is 0.817. The van der Waals surface area contributed by atoms with Crippen LogP contribution in [0.2, 0.25) is 0 Å². The molecule has 2 aromatic rings. The number of nitrogens with zero attached hydrogens (tertiary/aromatic N) is 2. The SMILES string of the molecule is CCOC(=O)CC(O)Cn1ccnc1-c1ccccc1. The first-order chi connectivity index (χ1) is 9.70. The number of aliphatic hydroxyl groups is 1. The maximum absolute atomic E-state index is 11.3. The highest BCUT2D eigenvalue weighted by Gasteiger charge is 2.14. The van der Waals surface area contributed by atoms with E-state index in [1.165, 1.54) is 0 Å². The molecule has 1 N–H and O–H groups in total. The van der Waals surface area contributed by atoms with E-state index >= 15 is 0 Å². The number of benzene rings is 1. The number of hydrogen-bond donors (Lipinski definition) is 1. The molecule has 1 aromatic carbocycles. The second-order valence-corrected chi connectivity index (χ2v) is 4.43. The maximum Gasteiger partial charge on any atom is 0.308 e. The summed E-state index contributed by atoms with van der Waals surface area (Å²) in [4.78, 5) is 15.6. The van der Waals surface area contributed by atoms with E-state index in [-0.39, 0.29) is 12.4 Å². The Hall–Kier alpha value is -2.14. The van der Waals surface area contributed by atoms with Gasteiger partial charge in [-0.05, 0) is 6.92 Å². The van der Waals surface area contributed by atoms with E-state index in [0.717, 1.165) is 11.4 Å². The Morgan fingerprint density at radius 1 is 1.40 bits per heavy atom. The number of imidazole rings is 1. The van der Waals surface area contributed by atoms with Crippen molar-refractivity contribution in [1.29, 1.82) is 0 Å². The van der Waals surface area contributed by atoms with Crippen LogP contribution in [0.25, 0.3) is 11.4 Å². The molecule has 0 saturated carbocycles. The lowest BCUT2D eigenvalue weighted by Crippen LogP contribution is -2.21. The van der Waals surface area contributed by atoms with Gasteiger partial charge < -0.3 is 14.4 Å². The van der Waals surface area contributed by atoms with Crippen molar-refractivity contribution in [3.8, 4) is 11.4 Å². The summed E-state index contributed by atoms with van der Waals surface area (Å²) < 4.78 is 6.66. The fourth-order valence-corrected chi connectivity index (χ4v) is 2.01. The van der Waals surface area contributed by atoms with Crippen molar-refractivity contribution in [3.05, 3.63) is 42.7 Å². The molecular weight excluding hydrogens is 256 g/mol. The minimum absolute atomic E-state index is 0.0136. The summed E-state index contributed by atoms with van der Waals surface area (Å²) in [6.07, 6.45) is 2.67. The molecule has 0 bridgehead atoms. The first-order valence-electron chi connectivity index (χ1n) is 6.61. The third-order valence-electron chi connectivity index (χ3n) is 2.86. The Bertz CT molecular complexity index is 551. The van der Waals surface area contributed by atoms with Crippen LogP contribution in [0.5, 0.6) is 0 Å². The molecule has 0 aliphatic heterocycles. The molecule has 1 aromatic heterocycles. The largest absolute Gasteiger partial charge is 0.466 e. The van der Waals surface area contributed by atoms with Gasteiger partial charge in [0.05, 0.1) is 25.7 Å². The molecular formula is C15H18N2O3. The van der Waals surface area contributed by atoms with Gasteiger partial charge in [-0.1, -0.05) is 30.3 Å². The van der Waals surface area contributed by atoms with E-state index in [2.05, 4.69) is 4.98 Å². The minimum Gasteiger partial charge on any atom is -0.466 e. The van der Waals surface area contributed by atoms with Gasteiger partial charge in [-0.15, -0.1) is 0 Å². The summed E-state index contributed by atoms with van der Waals surface area (Å²) in [7, 11) is 0. The number of hydrogen-bond acceptors (Lipinski definition) is 4. The number of carbonyl (C=O) groups excluding carboxylic acids is 1. The van der Waals surface area contributed by atoms with Crippen LogP contribution in [0.1, 0.15) is 13.3 Å². The number of ether oxygens (including phenoxy) is 1. The predicted octanol–water partition coefficient (Wildman–Crippen LogP) is 1.86. The number of aromatic nitrogens is 2. The molecule has 5 heteroatoms. The van der Waals surface area contributed by atoms with E-state index in [1.807, 2.05) is 34.9 Å². The van der Waals surface area contributed by atoms with Crippen molar-refractivity contribution in [2.45, 2.75) is 26.0 Å². The number of aliphatic hydroxyl groups excluding tert-OH is 1. The Morgan fingerprint density at radius 3 is 2.85 bits per heavy atom. The summed E-state index contributed by atoms with van der Waals surface area (Å²) in [5, 5.41) is 9.94. The van der Waals surface area contributed by atoms with E-state index < -0.39 is 6.10 Å². The summed E-state index contributed by atoms with van der Waals surface area (Å²) in [6, 6.07) is 9.71. The molecule has 0 fully saturated rings. The Labute approximate surface area is 117 Å². The molecule has 0 aliphatic rings. The van der Waals surface area contributed by atoms with Crippen molar-refractivity contribution in [2.75, 3.05) is 6.61 Å². The van der Waals surface area contributed by atoms with Gasteiger partial charge in [0.15, 0.2) is 0 Å². The van der Waals surface area contributed by atoms with E-state index in [9.17, 15) is 9.90 Å². The molecule has 0 spiro atoms. The van der Waals surface area contributed by atoms with Crippen LogP contribution >= 0.6 is 0 Å². The van der Waals surface area contributed by atoms with Gasteiger partial charge in [0.2, 0.25) is 0 Å². The van der Waals surface area contributed by atoms with Crippen molar-refractivity contribution in [2.24, 2.45) is 0 Å². The van der Waals surface area contributed by atoms with Crippen molar-refractivity contribution in [3.63, 3.8) is 0 Å². The molecule has 1 heterocycles. The van der Waals surface area contributed by atoms with Gasteiger partial charge >= 0.3 is 5.97 Å². The van der Waals surface area contributed by atoms with E-state index in [0.29, 0.717) is 13.2 Å². The zero-order chi connectivity index (χ0) is 14.4. The smallest absolute Gasteiger partial charge is 0.308 e. The van der Waals surface area contributed by atoms with Gasteiger partial charge in [-0.25, -0.2) is 4.98 Å². The summed E-state index contributed by atoms with van der Waals surface area (Å²) in [5.74, 6) is 0.384. The van der Waals surface area contributed by atoms with Gasteiger partial charge in [-0.3, -0.25) is 4.79 Å². The second kappa shape index (κ2) is 6.86. The van der Waals surface area contributed by atoms with Crippen LogP contribution in [0.4, 0.5) is 0 Å². The normalized spacial score (nSPS) is 12.1. The molecule has 1 atom stereocenters. The average Bonchev–Trinajstić information content (AvgIpc) is 2.87. The van der Waals surface area contributed by atoms with Gasteiger partial charge in [0.25, 0.3) is 0 Å². The van der Waals surface area contributed by atoms with Gasteiger partial charge in [0, 0.05) is 18.0 Å². The van der Waals surface area contributed by atoms with E-state index in [1.54, 1.807) is 19.3 Å². The fourth-order valence-electron chi connectivity index (χ4n) is 2.01. The zero-order valence-electron chi connectivity index (χ0n) is 11.4. The summed E-state index contributed by atoms with van der Waals surface area (Å²) in [6.45, 7) is 2.38. The number of rotatable bonds is 6. The van der Waals surface area contributed by atoms with Gasteiger partial charge in [-0.2, -0.15) is 0 Å². The molecule has 1 unspecified atom stereocenters. The monoisotopic (exact) mass is 274 g/mol. The Balaban J connectivity index is 2.04. The van der Waals surface area contributed by atoms with Crippen LogP contribution in [0.3, 0.4) is 0 Å². The van der Waals surface area contributed by atoms with Crippen molar-refractivity contribution >= 4 is 5.97 Å². The first kappa shape index (κ1) is 14.3. The third-order valence-corrected chi connectivity index (χ3v) is 2.86. The number of esters is 1. The second-order valence-electron chi connectivity index (χ2n) is 4.43. The van der Waals surface area contributed by atoms with Crippen LogP contribution in [0, 0.1) is 0 Å². The highest BCUT2D eigenvalue weighted by atomic mass is 16.5. The third kappa shape index (κ3) is 3.68. The van der Waals surface area contributed by atoms with Crippen LogP contribution in [-0.4, -0.2) is 33.3 Å². The van der Waals surface area contributed by atoms with Crippen molar-refractivity contribution in [1.82, 2.24) is 9.55 Å². The maximum atomic E-state index is 11.3.